The first-order chi connectivity index (χ1) is 8.39. The van der Waals surface area contributed by atoms with Crippen LogP contribution in [0.3, 0.4) is 0 Å². The van der Waals surface area contributed by atoms with Crippen LogP contribution in [0, 0.1) is 5.41 Å². The van der Waals surface area contributed by atoms with Gasteiger partial charge in [-0.05, 0) is 24.7 Å². The minimum Gasteiger partial charge on any atom is -0.393 e. The molecule has 0 spiro atoms. The van der Waals surface area contributed by atoms with Crippen molar-refractivity contribution in [1.29, 1.82) is 0 Å². The first-order valence-corrected chi connectivity index (χ1v) is 7.12. The average molecular weight is 256 g/mol. The third kappa shape index (κ3) is 5.71. The summed E-state index contributed by atoms with van der Waals surface area (Å²) in [5.41, 5.74) is -0.123. The smallest absolute Gasteiger partial charge is 0.315 e. The third-order valence-electron chi connectivity index (χ3n) is 3.64. The van der Waals surface area contributed by atoms with Crippen LogP contribution in [0.15, 0.2) is 0 Å². The van der Waals surface area contributed by atoms with Crippen molar-refractivity contribution in [3.8, 4) is 0 Å². The summed E-state index contributed by atoms with van der Waals surface area (Å²) in [6.45, 7) is 6.52. The van der Waals surface area contributed by atoms with Crippen molar-refractivity contribution >= 4 is 6.03 Å². The number of rotatable bonds is 4. The van der Waals surface area contributed by atoms with Gasteiger partial charge in [0.25, 0.3) is 0 Å². The highest BCUT2D eigenvalue weighted by atomic mass is 16.3. The van der Waals surface area contributed by atoms with Gasteiger partial charge in [0.2, 0.25) is 0 Å². The average Bonchev–Trinajstić information content (AvgIpc) is 2.28. The van der Waals surface area contributed by atoms with Gasteiger partial charge in [-0.3, -0.25) is 0 Å². The molecule has 4 nitrogen and oxygen atoms in total. The topological polar surface area (TPSA) is 61.4 Å². The number of nitrogens with one attached hydrogen (secondary N) is 2. The molecule has 1 rings (SSSR count). The minimum absolute atomic E-state index is 0.0944. The summed E-state index contributed by atoms with van der Waals surface area (Å²) in [5.74, 6) is 0. The van der Waals surface area contributed by atoms with E-state index in [0.29, 0.717) is 19.0 Å². The monoisotopic (exact) mass is 256 g/mol. The molecule has 18 heavy (non-hydrogen) atoms. The van der Waals surface area contributed by atoms with E-state index < -0.39 is 0 Å². The molecule has 106 valence electrons. The van der Waals surface area contributed by atoms with Crippen LogP contribution in [0.25, 0.3) is 0 Å². The molecule has 1 atom stereocenters. The molecule has 1 saturated carbocycles. The second-order valence-corrected chi connectivity index (χ2v) is 6.41. The predicted octanol–water partition coefficient (Wildman–Crippen LogP) is 2.42. The summed E-state index contributed by atoms with van der Waals surface area (Å²) in [4.78, 5) is 11.6. The third-order valence-corrected chi connectivity index (χ3v) is 3.64. The minimum atomic E-state index is -0.382. The Hall–Kier alpha value is -0.770. The predicted molar refractivity (Wildman–Crippen MR) is 73.5 cm³/mol. The van der Waals surface area contributed by atoms with Gasteiger partial charge >= 0.3 is 6.03 Å². The highest BCUT2D eigenvalue weighted by molar-refractivity contribution is 5.74. The molecule has 0 aromatic heterocycles. The lowest BCUT2D eigenvalue weighted by Crippen LogP contribution is -2.44. The van der Waals surface area contributed by atoms with E-state index in [4.69, 9.17) is 0 Å². The SMILES string of the molecule is CC(C)(C)[C@H](O)CCNC(=O)NC1CCCCC1. The number of carbonyl (C=O) groups excluding carboxylic acids is 1. The summed E-state index contributed by atoms with van der Waals surface area (Å²) < 4.78 is 0. The first-order valence-electron chi connectivity index (χ1n) is 7.12. The molecule has 0 unspecified atom stereocenters. The number of hydrogen-bond donors (Lipinski definition) is 3. The molecule has 0 radical (unpaired) electrons. The van der Waals surface area contributed by atoms with Crippen LogP contribution in [0.4, 0.5) is 4.79 Å². The molecule has 3 N–H and O–H groups in total. The van der Waals surface area contributed by atoms with Crippen molar-refractivity contribution in [3.63, 3.8) is 0 Å². The Kier molecular flexibility index (Phi) is 5.93. The molecule has 1 fully saturated rings. The molecule has 0 aromatic rings. The fourth-order valence-electron chi connectivity index (χ4n) is 2.24. The van der Waals surface area contributed by atoms with E-state index in [0.717, 1.165) is 12.8 Å². The van der Waals surface area contributed by atoms with Crippen LogP contribution < -0.4 is 10.6 Å². The number of amides is 2. The summed E-state index contributed by atoms with van der Waals surface area (Å²) >= 11 is 0. The lowest BCUT2D eigenvalue weighted by atomic mass is 9.87. The summed E-state index contributed by atoms with van der Waals surface area (Å²) in [7, 11) is 0. The molecule has 0 aliphatic heterocycles. The molecule has 0 aromatic carbocycles. The van der Waals surface area contributed by atoms with Gasteiger partial charge in [-0.1, -0.05) is 40.0 Å². The Morgan fingerprint density at radius 2 is 1.89 bits per heavy atom. The Labute approximate surface area is 111 Å². The van der Waals surface area contributed by atoms with Crippen LogP contribution in [-0.4, -0.2) is 29.8 Å². The number of hydrogen-bond acceptors (Lipinski definition) is 2. The van der Waals surface area contributed by atoms with E-state index in [2.05, 4.69) is 10.6 Å². The fraction of sp³-hybridized carbons (Fsp3) is 0.929. The zero-order chi connectivity index (χ0) is 13.6. The Morgan fingerprint density at radius 3 is 2.44 bits per heavy atom. The lowest BCUT2D eigenvalue weighted by Gasteiger charge is -2.26. The van der Waals surface area contributed by atoms with Gasteiger partial charge in [0.1, 0.15) is 0 Å². The van der Waals surface area contributed by atoms with Crippen LogP contribution in [-0.2, 0) is 0 Å². The number of urea groups is 1. The number of carbonyl (C=O) groups is 1. The van der Waals surface area contributed by atoms with E-state index in [-0.39, 0.29) is 17.6 Å². The second kappa shape index (κ2) is 6.98. The molecule has 2 amide bonds. The standard InChI is InChI=1S/C14H28N2O2/c1-14(2,3)12(17)9-10-15-13(18)16-11-7-5-4-6-8-11/h11-12,17H,4-10H2,1-3H3,(H2,15,16,18)/t12-/m1/s1. The summed E-state index contributed by atoms with van der Waals surface area (Å²) in [6, 6.07) is 0.245. The first kappa shape index (κ1) is 15.3. The maximum Gasteiger partial charge on any atom is 0.315 e. The zero-order valence-corrected chi connectivity index (χ0v) is 12.0. The van der Waals surface area contributed by atoms with Crippen LogP contribution in [0.1, 0.15) is 59.3 Å². The molecule has 0 bridgehead atoms. The van der Waals surface area contributed by atoms with E-state index >= 15 is 0 Å². The van der Waals surface area contributed by atoms with Crippen molar-refractivity contribution in [3.05, 3.63) is 0 Å². The normalized spacial score (nSPS) is 19.3. The Bertz CT molecular complexity index is 255. The van der Waals surface area contributed by atoms with Gasteiger partial charge < -0.3 is 15.7 Å². The van der Waals surface area contributed by atoms with Crippen LogP contribution in [0.2, 0.25) is 0 Å². The van der Waals surface area contributed by atoms with E-state index in [1.807, 2.05) is 20.8 Å². The van der Waals surface area contributed by atoms with E-state index in [1.165, 1.54) is 19.3 Å². The van der Waals surface area contributed by atoms with Crippen molar-refractivity contribution in [1.82, 2.24) is 10.6 Å². The molecule has 0 saturated heterocycles. The summed E-state index contributed by atoms with van der Waals surface area (Å²) in [6.07, 6.45) is 6.13. The van der Waals surface area contributed by atoms with Crippen molar-refractivity contribution in [2.45, 2.75) is 71.4 Å². The lowest BCUT2D eigenvalue weighted by molar-refractivity contribution is 0.0564. The highest BCUT2D eigenvalue weighted by Crippen LogP contribution is 2.21. The van der Waals surface area contributed by atoms with Crippen molar-refractivity contribution in [2.75, 3.05) is 6.54 Å². The molecule has 1 aliphatic rings. The Morgan fingerprint density at radius 1 is 1.28 bits per heavy atom. The molecule has 1 aliphatic carbocycles. The van der Waals surface area contributed by atoms with Crippen LogP contribution in [0.5, 0.6) is 0 Å². The highest BCUT2D eigenvalue weighted by Gasteiger charge is 2.22. The largest absolute Gasteiger partial charge is 0.393 e. The molecular weight excluding hydrogens is 228 g/mol. The van der Waals surface area contributed by atoms with Gasteiger partial charge in [0.05, 0.1) is 6.10 Å². The van der Waals surface area contributed by atoms with Gasteiger partial charge in [-0.15, -0.1) is 0 Å². The van der Waals surface area contributed by atoms with Crippen molar-refractivity contribution in [2.24, 2.45) is 5.41 Å². The number of aliphatic hydroxyl groups excluding tert-OH is 1. The van der Waals surface area contributed by atoms with Gasteiger partial charge in [0, 0.05) is 12.6 Å². The van der Waals surface area contributed by atoms with Crippen molar-refractivity contribution < 1.29 is 9.90 Å². The second-order valence-electron chi connectivity index (χ2n) is 6.41. The summed E-state index contributed by atoms with van der Waals surface area (Å²) in [5, 5.41) is 15.7. The molecular formula is C14H28N2O2. The fourth-order valence-corrected chi connectivity index (χ4v) is 2.24. The Balaban J connectivity index is 2.13. The number of aliphatic hydroxyl groups is 1. The quantitative estimate of drug-likeness (QED) is 0.723. The van der Waals surface area contributed by atoms with E-state index in [1.54, 1.807) is 0 Å². The maximum absolute atomic E-state index is 11.6. The molecule has 0 heterocycles. The van der Waals surface area contributed by atoms with Gasteiger partial charge in [-0.2, -0.15) is 0 Å². The molecule has 4 heteroatoms. The van der Waals surface area contributed by atoms with E-state index in [9.17, 15) is 9.90 Å². The van der Waals surface area contributed by atoms with Crippen LogP contribution >= 0.6 is 0 Å². The van der Waals surface area contributed by atoms with Gasteiger partial charge in [-0.25, -0.2) is 4.79 Å². The maximum atomic E-state index is 11.6. The zero-order valence-electron chi connectivity index (χ0n) is 12.0. The van der Waals surface area contributed by atoms with Gasteiger partial charge in [0.15, 0.2) is 0 Å².